The van der Waals surface area contributed by atoms with Gasteiger partial charge in [0.2, 0.25) is 0 Å². The highest BCUT2D eigenvalue weighted by molar-refractivity contribution is 4.72. The van der Waals surface area contributed by atoms with Crippen molar-refractivity contribution in [2.45, 2.75) is 44.8 Å². The van der Waals surface area contributed by atoms with E-state index in [1.165, 1.54) is 0 Å². The van der Waals surface area contributed by atoms with E-state index in [0.29, 0.717) is 0 Å². The highest BCUT2D eigenvalue weighted by atomic mass is 16.5. The van der Waals surface area contributed by atoms with Gasteiger partial charge in [-0.1, -0.05) is 13.3 Å². The Labute approximate surface area is 62.2 Å². The SMILES string of the molecule is CCCC1OCCCC1O. The number of hydrogen-bond donors (Lipinski definition) is 1. The zero-order valence-corrected chi connectivity index (χ0v) is 6.55. The van der Waals surface area contributed by atoms with Crippen molar-refractivity contribution < 1.29 is 9.84 Å². The molecule has 0 saturated carbocycles. The summed E-state index contributed by atoms with van der Waals surface area (Å²) in [7, 11) is 0. The molecule has 0 amide bonds. The van der Waals surface area contributed by atoms with Crippen LogP contribution in [-0.2, 0) is 4.74 Å². The standard InChI is InChI=1S/C8H16O2/c1-2-4-8-7(9)5-3-6-10-8/h7-9H,2-6H2,1H3. The molecule has 0 aromatic heterocycles. The lowest BCUT2D eigenvalue weighted by molar-refractivity contribution is -0.0769. The van der Waals surface area contributed by atoms with Crippen molar-refractivity contribution in [3.63, 3.8) is 0 Å². The molecule has 1 saturated heterocycles. The predicted octanol–water partition coefficient (Wildman–Crippen LogP) is 1.33. The maximum Gasteiger partial charge on any atom is 0.0833 e. The van der Waals surface area contributed by atoms with Crippen LogP contribution in [0.25, 0.3) is 0 Å². The fourth-order valence-electron chi connectivity index (χ4n) is 1.38. The van der Waals surface area contributed by atoms with Crippen LogP contribution in [0.4, 0.5) is 0 Å². The van der Waals surface area contributed by atoms with E-state index in [9.17, 15) is 5.11 Å². The van der Waals surface area contributed by atoms with E-state index in [0.717, 1.165) is 32.3 Å². The molecular formula is C8H16O2. The molecular weight excluding hydrogens is 128 g/mol. The molecule has 2 nitrogen and oxygen atoms in total. The normalized spacial score (nSPS) is 34.2. The molecule has 2 atom stereocenters. The molecule has 1 fully saturated rings. The van der Waals surface area contributed by atoms with Crippen LogP contribution >= 0.6 is 0 Å². The summed E-state index contributed by atoms with van der Waals surface area (Å²) in [6.45, 7) is 2.95. The third-order valence-electron chi connectivity index (χ3n) is 1.98. The summed E-state index contributed by atoms with van der Waals surface area (Å²) in [5.74, 6) is 0. The van der Waals surface area contributed by atoms with Crippen LogP contribution in [0.3, 0.4) is 0 Å². The Morgan fingerprint density at radius 1 is 1.60 bits per heavy atom. The molecule has 1 aliphatic heterocycles. The van der Waals surface area contributed by atoms with E-state index in [2.05, 4.69) is 6.92 Å². The Morgan fingerprint density at radius 3 is 3.00 bits per heavy atom. The number of aliphatic hydroxyl groups excluding tert-OH is 1. The van der Waals surface area contributed by atoms with Gasteiger partial charge in [-0.15, -0.1) is 0 Å². The first-order valence-corrected chi connectivity index (χ1v) is 4.14. The topological polar surface area (TPSA) is 29.5 Å². The molecule has 10 heavy (non-hydrogen) atoms. The van der Waals surface area contributed by atoms with Gasteiger partial charge < -0.3 is 9.84 Å². The smallest absolute Gasteiger partial charge is 0.0833 e. The Balaban J connectivity index is 2.25. The number of aliphatic hydroxyl groups is 1. The van der Waals surface area contributed by atoms with E-state index >= 15 is 0 Å². The maximum atomic E-state index is 9.38. The second kappa shape index (κ2) is 3.94. The fraction of sp³-hybridized carbons (Fsp3) is 1.00. The van der Waals surface area contributed by atoms with Crippen molar-refractivity contribution in [3.8, 4) is 0 Å². The van der Waals surface area contributed by atoms with E-state index in [1.807, 2.05) is 0 Å². The third-order valence-corrected chi connectivity index (χ3v) is 1.98. The Morgan fingerprint density at radius 2 is 2.40 bits per heavy atom. The zero-order chi connectivity index (χ0) is 7.40. The molecule has 1 rings (SSSR count). The lowest BCUT2D eigenvalue weighted by Gasteiger charge is -2.27. The summed E-state index contributed by atoms with van der Waals surface area (Å²) in [5.41, 5.74) is 0. The highest BCUT2D eigenvalue weighted by Crippen LogP contribution is 2.17. The number of hydrogen-bond acceptors (Lipinski definition) is 2. The van der Waals surface area contributed by atoms with Crippen molar-refractivity contribution in [3.05, 3.63) is 0 Å². The molecule has 1 N–H and O–H groups in total. The molecule has 1 heterocycles. The molecule has 0 aliphatic carbocycles. The van der Waals surface area contributed by atoms with Crippen molar-refractivity contribution in [1.82, 2.24) is 0 Å². The van der Waals surface area contributed by atoms with Crippen LogP contribution in [0.2, 0.25) is 0 Å². The minimum Gasteiger partial charge on any atom is -0.390 e. The molecule has 0 bridgehead atoms. The second-order valence-electron chi connectivity index (χ2n) is 2.91. The molecule has 60 valence electrons. The predicted molar refractivity (Wildman–Crippen MR) is 39.9 cm³/mol. The average Bonchev–Trinajstić information content (AvgIpc) is 1.94. The quantitative estimate of drug-likeness (QED) is 0.633. The Bertz CT molecular complexity index is 91.3. The van der Waals surface area contributed by atoms with Crippen LogP contribution < -0.4 is 0 Å². The number of ether oxygens (including phenoxy) is 1. The van der Waals surface area contributed by atoms with Gasteiger partial charge in [-0.25, -0.2) is 0 Å². The second-order valence-corrected chi connectivity index (χ2v) is 2.91. The summed E-state index contributed by atoms with van der Waals surface area (Å²) in [6.07, 6.45) is 3.96. The lowest BCUT2D eigenvalue weighted by Crippen LogP contribution is -2.33. The molecule has 0 aromatic carbocycles. The Kier molecular flexibility index (Phi) is 3.16. The minimum absolute atomic E-state index is 0.124. The van der Waals surface area contributed by atoms with E-state index in [1.54, 1.807) is 0 Å². The summed E-state index contributed by atoms with van der Waals surface area (Å²) in [4.78, 5) is 0. The summed E-state index contributed by atoms with van der Waals surface area (Å²) < 4.78 is 5.38. The maximum absolute atomic E-state index is 9.38. The van der Waals surface area contributed by atoms with E-state index in [-0.39, 0.29) is 12.2 Å². The van der Waals surface area contributed by atoms with Crippen molar-refractivity contribution in [2.75, 3.05) is 6.61 Å². The summed E-state index contributed by atoms with van der Waals surface area (Å²) >= 11 is 0. The van der Waals surface area contributed by atoms with Crippen molar-refractivity contribution in [1.29, 1.82) is 0 Å². The monoisotopic (exact) mass is 144 g/mol. The molecule has 2 unspecified atom stereocenters. The fourth-order valence-corrected chi connectivity index (χ4v) is 1.38. The van der Waals surface area contributed by atoms with Gasteiger partial charge in [0.1, 0.15) is 0 Å². The molecule has 0 spiro atoms. The average molecular weight is 144 g/mol. The van der Waals surface area contributed by atoms with Crippen LogP contribution in [-0.4, -0.2) is 23.9 Å². The molecule has 1 aliphatic rings. The van der Waals surface area contributed by atoms with Crippen molar-refractivity contribution in [2.24, 2.45) is 0 Å². The minimum atomic E-state index is -0.200. The first kappa shape index (κ1) is 8.02. The van der Waals surface area contributed by atoms with E-state index in [4.69, 9.17) is 4.74 Å². The van der Waals surface area contributed by atoms with E-state index < -0.39 is 0 Å². The van der Waals surface area contributed by atoms with Crippen molar-refractivity contribution >= 4 is 0 Å². The van der Waals surface area contributed by atoms with Gasteiger partial charge in [0, 0.05) is 6.61 Å². The number of rotatable bonds is 2. The van der Waals surface area contributed by atoms with Gasteiger partial charge in [-0.3, -0.25) is 0 Å². The lowest BCUT2D eigenvalue weighted by atomic mass is 10.0. The van der Waals surface area contributed by atoms with Crippen LogP contribution in [0.15, 0.2) is 0 Å². The zero-order valence-electron chi connectivity index (χ0n) is 6.55. The largest absolute Gasteiger partial charge is 0.390 e. The van der Waals surface area contributed by atoms with Crippen LogP contribution in [0.1, 0.15) is 32.6 Å². The summed E-state index contributed by atoms with van der Waals surface area (Å²) in [5, 5.41) is 9.38. The van der Waals surface area contributed by atoms with Gasteiger partial charge in [0.25, 0.3) is 0 Å². The van der Waals surface area contributed by atoms with Gasteiger partial charge in [-0.05, 0) is 19.3 Å². The van der Waals surface area contributed by atoms with Gasteiger partial charge >= 0.3 is 0 Å². The van der Waals surface area contributed by atoms with Gasteiger partial charge in [-0.2, -0.15) is 0 Å². The van der Waals surface area contributed by atoms with Gasteiger partial charge in [0.15, 0.2) is 0 Å². The van der Waals surface area contributed by atoms with Gasteiger partial charge in [0.05, 0.1) is 12.2 Å². The van der Waals surface area contributed by atoms with Crippen LogP contribution in [0.5, 0.6) is 0 Å². The molecule has 2 heteroatoms. The third kappa shape index (κ3) is 1.96. The van der Waals surface area contributed by atoms with Crippen LogP contribution in [0, 0.1) is 0 Å². The molecule has 0 aromatic rings. The first-order valence-electron chi connectivity index (χ1n) is 4.14. The summed E-state index contributed by atoms with van der Waals surface area (Å²) in [6, 6.07) is 0. The molecule has 0 radical (unpaired) electrons. The Hall–Kier alpha value is -0.0800. The first-order chi connectivity index (χ1) is 4.84. The highest BCUT2D eigenvalue weighted by Gasteiger charge is 2.22.